The molecule has 5 heteroatoms. The van der Waals surface area contributed by atoms with E-state index in [0.717, 1.165) is 5.57 Å². The fraction of sp³-hybridized carbons (Fsp3) is 0.588. The Morgan fingerprint density at radius 3 is 2.82 bits per heavy atom. The van der Waals surface area contributed by atoms with Gasteiger partial charge in [0.15, 0.2) is 0 Å². The van der Waals surface area contributed by atoms with Crippen LogP contribution in [0, 0.1) is 0 Å². The van der Waals surface area contributed by atoms with Crippen LogP contribution in [0.2, 0.25) is 0 Å². The first-order valence-corrected chi connectivity index (χ1v) is 7.60. The summed E-state index contributed by atoms with van der Waals surface area (Å²) in [6.45, 7) is 7.05. The predicted molar refractivity (Wildman–Crippen MR) is 86.1 cm³/mol. The lowest BCUT2D eigenvalue weighted by molar-refractivity contribution is -0.124. The summed E-state index contributed by atoms with van der Waals surface area (Å²) in [5.41, 5.74) is -0.393. The summed E-state index contributed by atoms with van der Waals surface area (Å²) in [6, 6.07) is -0.231. The van der Waals surface area contributed by atoms with Crippen LogP contribution in [0.4, 0.5) is 0 Å². The Bertz CT molecular complexity index is 454. The summed E-state index contributed by atoms with van der Waals surface area (Å²) in [6.07, 6.45) is 5.83. The monoisotopic (exact) mass is 309 g/mol. The van der Waals surface area contributed by atoms with Crippen molar-refractivity contribution in [3.8, 4) is 0 Å². The van der Waals surface area contributed by atoms with Gasteiger partial charge >= 0.3 is 0 Å². The van der Waals surface area contributed by atoms with Gasteiger partial charge in [-0.3, -0.25) is 4.79 Å². The van der Waals surface area contributed by atoms with Gasteiger partial charge in [0.2, 0.25) is 5.91 Å². The van der Waals surface area contributed by atoms with E-state index in [9.17, 15) is 20.1 Å². The van der Waals surface area contributed by atoms with Crippen molar-refractivity contribution in [2.75, 3.05) is 0 Å². The topological polar surface area (TPSA) is 89.8 Å². The molecule has 5 nitrogen and oxygen atoms in total. The van der Waals surface area contributed by atoms with Gasteiger partial charge in [-0.25, -0.2) is 0 Å². The molecule has 0 saturated carbocycles. The first-order chi connectivity index (χ1) is 10.3. The number of hydrogen-bond acceptors (Lipinski definition) is 4. The molecule has 0 radical (unpaired) electrons. The van der Waals surface area contributed by atoms with Crippen molar-refractivity contribution in [2.24, 2.45) is 0 Å². The standard InChI is InChI=1S/C17H27NO4/c1-4-6-12(2)14-7-5-8-15(20)17(3,22)10-9-13(19)11-16(21)18-14/h4-6,8,13-15,19-20,22H,1,7,9-11H2,2-3H3,(H,18,21)/b8-5-,12-6+/t13-,14+,15+,17-/m1/s1. The zero-order valence-corrected chi connectivity index (χ0v) is 13.3. The molecule has 1 aliphatic heterocycles. The molecule has 0 unspecified atom stereocenters. The van der Waals surface area contributed by atoms with Gasteiger partial charge in [-0.15, -0.1) is 0 Å². The van der Waals surface area contributed by atoms with E-state index in [1.54, 1.807) is 12.2 Å². The van der Waals surface area contributed by atoms with Crippen LogP contribution in [0.3, 0.4) is 0 Å². The highest BCUT2D eigenvalue weighted by molar-refractivity contribution is 5.77. The lowest BCUT2D eigenvalue weighted by Crippen LogP contribution is -2.41. The van der Waals surface area contributed by atoms with Crippen LogP contribution in [0.15, 0.2) is 36.5 Å². The fourth-order valence-corrected chi connectivity index (χ4v) is 2.39. The maximum absolute atomic E-state index is 12.0. The van der Waals surface area contributed by atoms with Crippen molar-refractivity contribution in [3.63, 3.8) is 0 Å². The summed E-state index contributed by atoms with van der Waals surface area (Å²) in [4.78, 5) is 12.0. The van der Waals surface area contributed by atoms with Gasteiger partial charge < -0.3 is 20.6 Å². The average Bonchev–Trinajstić information content (AvgIpc) is 2.43. The number of rotatable bonds is 2. The molecule has 0 spiro atoms. The molecule has 0 bridgehead atoms. The van der Waals surface area contributed by atoms with Crippen LogP contribution in [0.5, 0.6) is 0 Å². The maximum atomic E-state index is 12.0. The summed E-state index contributed by atoms with van der Waals surface area (Å²) in [7, 11) is 0. The lowest BCUT2D eigenvalue weighted by atomic mass is 9.90. The minimum atomic E-state index is -1.32. The Hall–Kier alpha value is -1.43. The molecular formula is C17H27NO4. The van der Waals surface area contributed by atoms with Crippen molar-refractivity contribution >= 4 is 5.91 Å². The molecular weight excluding hydrogens is 282 g/mol. The molecule has 22 heavy (non-hydrogen) atoms. The van der Waals surface area contributed by atoms with Crippen LogP contribution in [0.25, 0.3) is 0 Å². The third kappa shape index (κ3) is 5.75. The Morgan fingerprint density at radius 1 is 1.50 bits per heavy atom. The maximum Gasteiger partial charge on any atom is 0.223 e. The quantitative estimate of drug-likeness (QED) is 0.456. The second kappa shape index (κ2) is 8.27. The van der Waals surface area contributed by atoms with Crippen molar-refractivity contribution < 1.29 is 20.1 Å². The van der Waals surface area contributed by atoms with Crippen LogP contribution >= 0.6 is 0 Å². The van der Waals surface area contributed by atoms with Gasteiger partial charge in [0, 0.05) is 0 Å². The summed E-state index contributed by atoms with van der Waals surface area (Å²) < 4.78 is 0. The number of allylic oxidation sites excluding steroid dienone is 2. The first-order valence-electron chi connectivity index (χ1n) is 7.60. The molecule has 1 heterocycles. The normalized spacial score (nSPS) is 36.7. The zero-order chi connectivity index (χ0) is 16.8. The van der Waals surface area contributed by atoms with Gasteiger partial charge in [0.05, 0.1) is 24.2 Å². The smallest absolute Gasteiger partial charge is 0.223 e. The molecule has 4 atom stereocenters. The molecule has 0 fully saturated rings. The number of hydrogen-bond donors (Lipinski definition) is 4. The number of aliphatic hydroxyl groups is 3. The number of aliphatic hydroxyl groups excluding tert-OH is 2. The largest absolute Gasteiger partial charge is 0.393 e. The Balaban J connectivity index is 2.97. The highest BCUT2D eigenvalue weighted by Gasteiger charge is 2.30. The van der Waals surface area contributed by atoms with Gasteiger partial charge in [-0.1, -0.05) is 36.5 Å². The molecule has 0 aromatic heterocycles. The van der Waals surface area contributed by atoms with E-state index in [1.165, 1.54) is 13.0 Å². The summed E-state index contributed by atoms with van der Waals surface area (Å²) in [5.74, 6) is -0.233. The van der Waals surface area contributed by atoms with E-state index in [-0.39, 0.29) is 31.2 Å². The molecule has 0 aromatic carbocycles. The van der Waals surface area contributed by atoms with E-state index < -0.39 is 17.8 Å². The number of carbonyl (C=O) groups is 1. The molecule has 0 saturated heterocycles. The van der Waals surface area contributed by atoms with E-state index in [2.05, 4.69) is 11.9 Å². The molecule has 0 aliphatic carbocycles. The minimum absolute atomic E-state index is 0.0201. The van der Waals surface area contributed by atoms with E-state index >= 15 is 0 Å². The van der Waals surface area contributed by atoms with E-state index in [0.29, 0.717) is 6.42 Å². The molecule has 124 valence electrons. The highest BCUT2D eigenvalue weighted by Crippen LogP contribution is 2.21. The molecule has 0 aromatic rings. The van der Waals surface area contributed by atoms with Crippen LogP contribution in [-0.2, 0) is 4.79 Å². The van der Waals surface area contributed by atoms with Gasteiger partial charge in [0.1, 0.15) is 6.10 Å². The van der Waals surface area contributed by atoms with Crippen molar-refractivity contribution in [1.82, 2.24) is 5.32 Å². The lowest BCUT2D eigenvalue weighted by Gasteiger charge is -2.29. The first kappa shape index (κ1) is 18.6. The van der Waals surface area contributed by atoms with Crippen LogP contribution < -0.4 is 5.32 Å². The van der Waals surface area contributed by atoms with Crippen molar-refractivity contribution in [1.29, 1.82) is 0 Å². The summed E-state index contributed by atoms with van der Waals surface area (Å²) in [5, 5.41) is 33.1. The zero-order valence-electron chi connectivity index (χ0n) is 13.3. The second-order valence-electron chi connectivity index (χ2n) is 6.13. The minimum Gasteiger partial charge on any atom is -0.393 e. The highest BCUT2D eigenvalue weighted by atomic mass is 16.3. The van der Waals surface area contributed by atoms with E-state index in [1.807, 2.05) is 13.0 Å². The molecule has 1 amide bonds. The molecule has 1 aliphatic rings. The van der Waals surface area contributed by atoms with E-state index in [4.69, 9.17) is 0 Å². The van der Waals surface area contributed by atoms with Crippen molar-refractivity contribution in [2.45, 2.75) is 63.4 Å². The number of carbonyl (C=O) groups excluding carboxylic acids is 1. The number of nitrogens with one attached hydrogen (secondary N) is 1. The molecule has 1 rings (SSSR count). The van der Waals surface area contributed by atoms with Crippen LogP contribution in [0.1, 0.15) is 39.5 Å². The Kier molecular flexibility index (Phi) is 7.00. The fourth-order valence-electron chi connectivity index (χ4n) is 2.39. The van der Waals surface area contributed by atoms with Crippen LogP contribution in [-0.4, -0.2) is 45.1 Å². The van der Waals surface area contributed by atoms with Crippen molar-refractivity contribution in [3.05, 3.63) is 36.5 Å². The Morgan fingerprint density at radius 2 is 2.18 bits per heavy atom. The third-order valence-electron chi connectivity index (χ3n) is 4.00. The summed E-state index contributed by atoms with van der Waals surface area (Å²) >= 11 is 0. The van der Waals surface area contributed by atoms with Gasteiger partial charge in [0.25, 0.3) is 0 Å². The second-order valence-corrected chi connectivity index (χ2v) is 6.13. The third-order valence-corrected chi connectivity index (χ3v) is 4.00. The van der Waals surface area contributed by atoms with Gasteiger partial charge in [-0.2, -0.15) is 0 Å². The Labute approximate surface area is 132 Å². The predicted octanol–water partition coefficient (Wildman–Crippen LogP) is 1.21. The molecule has 4 N–H and O–H groups in total. The average molecular weight is 309 g/mol. The van der Waals surface area contributed by atoms with Gasteiger partial charge in [-0.05, 0) is 33.1 Å². The number of amides is 1. The SMILES string of the molecule is C=C/C=C(\C)[C@@H]1C/C=C\[C@H](O)[C@](C)(O)CC[C@@H](O)CC(=O)N1.